The first-order chi connectivity index (χ1) is 12.8. The van der Waals surface area contributed by atoms with Crippen LogP contribution in [0.3, 0.4) is 0 Å². The summed E-state index contributed by atoms with van der Waals surface area (Å²) < 4.78 is 33.5. The van der Waals surface area contributed by atoms with Gasteiger partial charge in [-0.05, 0) is 69.0 Å². The molecule has 2 rings (SSSR count). The minimum absolute atomic E-state index is 0.117. The van der Waals surface area contributed by atoms with Gasteiger partial charge in [0.05, 0.1) is 16.8 Å². The molecule has 27 heavy (non-hydrogen) atoms. The average molecular weight is 409 g/mol. The molecule has 1 atom stereocenters. The summed E-state index contributed by atoms with van der Waals surface area (Å²) >= 11 is 1.42. The molecule has 0 fully saturated rings. The zero-order valence-corrected chi connectivity index (χ0v) is 17.4. The Hall–Kier alpha value is -2.19. The second-order valence-corrected chi connectivity index (χ2v) is 8.74. The van der Waals surface area contributed by atoms with Crippen LogP contribution < -0.4 is 14.8 Å². The lowest BCUT2D eigenvalue weighted by molar-refractivity contribution is -0.115. The molecule has 1 amide bonds. The van der Waals surface area contributed by atoms with Crippen LogP contribution >= 0.6 is 11.8 Å². The molecule has 0 radical (unpaired) electrons. The van der Waals surface area contributed by atoms with E-state index >= 15 is 0 Å². The fourth-order valence-electron chi connectivity index (χ4n) is 2.31. The number of rotatable bonds is 8. The van der Waals surface area contributed by atoms with Crippen LogP contribution in [0.4, 0.5) is 11.4 Å². The number of hydrogen-bond acceptors (Lipinski definition) is 5. The van der Waals surface area contributed by atoms with Gasteiger partial charge in [0.2, 0.25) is 5.91 Å². The number of benzene rings is 2. The van der Waals surface area contributed by atoms with Gasteiger partial charge in [0.25, 0.3) is 10.0 Å². The summed E-state index contributed by atoms with van der Waals surface area (Å²) in [6.07, 6.45) is 1.84. The van der Waals surface area contributed by atoms with E-state index in [4.69, 9.17) is 4.74 Å². The van der Waals surface area contributed by atoms with Gasteiger partial charge in [0, 0.05) is 11.4 Å². The van der Waals surface area contributed by atoms with Crippen LogP contribution in [0, 0.1) is 6.92 Å². The van der Waals surface area contributed by atoms with E-state index in [2.05, 4.69) is 10.0 Å². The number of hydrogen-bond donors (Lipinski definition) is 2. The second kappa shape index (κ2) is 9.14. The molecule has 146 valence electrons. The molecule has 0 aliphatic heterocycles. The smallest absolute Gasteiger partial charge is 0.262 e. The van der Waals surface area contributed by atoms with Crippen LogP contribution in [0.25, 0.3) is 0 Å². The number of nitrogens with one attached hydrogen (secondary N) is 2. The van der Waals surface area contributed by atoms with Crippen molar-refractivity contribution in [1.82, 2.24) is 0 Å². The first kappa shape index (κ1) is 21.1. The van der Waals surface area contributed by atoms with Crippen molar-refractivity contribution in [2.24, 2.45) is 0 Å². The van der Waals surface area contributed by atoms with E-state index in [1.807, 2.05) is 13.2 Å². The summed E-state index contributed by atoms with van der Waals surface area (Å²) in [5, 5.41) is 2.52. The predicted molar refractivity (Wildman–Crippen MR) is 111 cm³/mol. The molecular formula is C19H24N2O4S2. The highest BCUT2D eigenvalue weighted by Gasteiger charge is 2.19. The molecule has 0 aromatic heterocycles. The Bertz CT molecular complexity index is 896. The highest BCUT2D eigenvalue weighted by Crippen LogP contribution is 2.24. The Kier molecular flexibility index (Phi) is 7.15. The van der Waals surface area contributed by atoms with E-state index in [9.17, 15) is 13.2 Å². The maximum absolute atomic E-state index is 12.8. The number of aryl methyl sites for hydroxylation is 1. The van der Waals surface area contributed by atoms with Crippen molar-refractivity contribution in [3.05, 3.63) is 48.0 Å². The topological polar surface area (TPSA) is 84.5 Å². The molecule has 0 spiro atoms. The first-order valence-corrected chi connectivity index (χ1v) is 11.2. The molecule has 0 unspecified atom stereocenters. The molecule has 6 nitrogen and oxygen atoms in total. The minimum atomic E-state index is -3.80. The highest BCUT2D eigenvalue weighted by atomic mass is 32.2. The van der Waals surface area contributed by atoms with Crippen LogP contribution in [-0.4, -0.2) is 32.4 Å². The van der Waals surface area contributed by atoms with E-state index in [1.54, 1.807) is 50.2 Å². The van der Waals surface area contributed by atoms with E-state index in [1.165, 1.54) is 17.8 Å². The van der Waals surface area contributed by atoms with Crippen LogP contribution in [0.2, 0.25) is 0 Å². The number of carbonyl (C=O) groups excluding carboxylic acids is 1. The molecule has 2 N–H and O–H groups in total. The standard InChI is InChI=1S/C19H24N2O4S2/c1-5-25-17-10-8-15(9-11-17)21-27(23,24)18-12-16(7-6-13(18)2)20-19(22)14(3)26-4/h6-12,14,21H,5H2,1-4H3,(H,20,22)/t14-/m0/s1. The Morgan fingerprint density at radius 1 is 1.15 bits per heavy atom. The summed E-state index contributed by atoms with van der Waals surface area (Å²) in [5.41, 5.74) is 1.46. The monoisotopic (exact) mass is 408 g/mol. The maximum atomic E-state index is 12.8. The number of sulfonamides is 1. The van der Waals surface area contributed by atoms with Gasteiger partial charge >= 0.3 is 0 Å². The third-order valence-electron chi connectivity index (χ3n) is 3.89. The van der Waals surface area contributed by atoms with Gasteiger partial charge in [0.15, 0.2) is 0 Å². The average Bonchev–Trinajstić information content (AvgIpc) is 2.64. The third-order valence-corrected chi connectivity index (χ3v) is 6.33. The molecule has 2 aromatic rings. The lowest BCUT2D eigenvalue weighted by atomic mass is 10.2. The largest absolute Gasteiger partial charge is 0.494 e. The van der Waals surface area contributed by atoms with E-state index in [0.717, 1.165) is 0 Å². The number of thioether (sulfide) groups is 1. The third kappa shape index (κ3) is 5.64. The van der Waals surface area contributed by atoms with Gasteiger partial charge in [-0.3, -0.25) is 9.52 Å². The number of anilines is 2. The normalized spacial score (nSPS) is 12.3. The molecule has 0 heterocycles. The summed E-state index contributed by atoms with van der Waals surface area (Å²) in [6.45, 7) is 5.92. The SMILES string of the molecule is CCOc1ccc(NS(=O)(=O)c2cc(NC(=O)[C@H](C)SC)ccc2C)cc1. The van der Waals surface area contributed by atoms with E-state index < -0.39 is 10.0 Å². The Morgan fingerprint density at radius 3 is 2.37 bits per heavy atom. The van der Waals surface area contributed by atoms with Crippen molar-refractivity contribution in [1.29, 1.82) is 0 Å². The van der Waals surface area contributed by atoms with Crippen molar-refractivity contribution in [2.75, 3.05) is 22.9 Å². The fraction of sp³-hybridized carbons (Fsp3) is 0.316. The number of ether oxygens (including phenoxy) is 1. The van der Waals surface area contributed by atoms with Crippen molar-refractivity contribution in [2.45, 2.75) is 30.9 Å². The predicted octanol–water partition coefficient (Wildman–Crippen LogP) is 3.88. The van der Waals surface area contributed by atoms with E-state index in [0.29, 0.717) is 29.3 Å². The van der Waals surface area contributed by atoms with Gasteiger partial charge in [-0.2, -0.15) is 11.8 Å². The van der Waals surface area contributed by atoms with Gasteiger partial charge < -0.3 is 10.1 Å². The quantitative estimate of drug-likeness (QED) is 0.692. The minimum Gasteiger partial charge on any atom is -0.494 e. The maximum Gasteiger partial charge on any atom is 0.262 e. The van der Waals surface area contributed by atoms with Crippen LogP contribution in [-0.2, 0) is 14.8 Å². The molecule has 0 saturated heterocycles. The Balaban J connectivity index is 2.24. The molecule has 8 heteroatoms. The van der Waals surface area contributed by atoms with Gasteiger partial charge in [-0.1, -0.05) is 6.07 Å². The summed E-state index contributed by atoms with van der Waals surface area (Å²) in [7, 11) is -3.80. The van der Waals surface area contributed by atoms with Gasteiger partial charge in [0.1, 0.15) is 5.75 Å². The lowest BCUT2D eigenvalue weighted by Crippen LogP contribution is -2.22. The van der Waals surface area contributed by atoms with Crippen LogP contribution in [0.15, 0.2) is 47.4 Å². The van der Waals surface area contributed by atoms with E-state index in [-0.39, 0.29) is 16.1 Å². The van der Waals surface area contributed by atoms with Gasteiger partial charge in [-0.25, -0.2) is 8.42 Å². The molecule has 0 aliphatic carbocycles. The first-order valence-electron chi connectivity index (χ1n) is 8.46. The highest BCUT2D eigenvalue weighted by molar-refractivity contribution is 7.99. The molecule has 0 saturated carbocycles. The Morgan fingerprint density at radius 2 is 1.78 bits per heavy atom. The summed E-state index contributed by atoms with van der Waals surface area (Å²) in [5.74, 6) is 0.499. The zero-order chi connectivity index (χ0) is 20.0. The Labute approximate surface area is 164 Å². The van der Waals surface area contributed by atoms with Crippen molar-refractivity contribution < 1.29 is 17.9 Å². The molecule has 0 aliphatic rings. The lowest BCUT2D eigenvalue weighted by Gasteiger charge is -2.14. The zero-order valence-electron chi connectivity index (χ0n) is 15.8. The second-order valence-electron chi connectivity index (χ2n) is 5.91. The summed E-state index contributed by atoms with van der Waals surface area (Å²) in [4.78, 5) is 12.2. The number of amides is 1. The molecule has 2 aromatic carbocycles. The van der Waals surface area contributed by atoms with Gasteiger partial charge in [-0.15, -0.1) is 0 Å². The molecular weight excluding hydrogens is 384 g/mol. The van der Waals surface area contributed by atoms with Crippen LogP contribution in [0.1, 0.15) is 19.4 Å². The molecule has 0 bridgehead atoms. The number of carbonyl (C=O) groups is 1. The fourth-order valence-corrected chi connectivity index (χ4v) is 3.92. The van der Waals surface area contributed by atoms with Crippen LogP contribution in [0.5, 0.6) is 5.75 Å². The summed E-state index contributed by atoms with van der Waals surface area (Å²) in [6, 6.07) is 11.5. The van der Waals surface area contributed by atoms with Crippen molar-refractivity contribution >= 4 is 39.1 Å². The van der Waals surface area contributed by atoms with Crippen molar-refractivity contribution in [3.63, 3.8) is 0 Å². The van der Waals surface area contributed by atoms with Crippen molar-refractivity contribution in [3.8, 4) is 5.75 Å².